The normalized spacial score (nSPS) is 21.1. The monoisotopic (exact) mass is 507 g/mol. The zero-order valence-electron chi connectivity index (χ0n) is 19.2. The summed E-state index contributed by atoms with van der Waals surface area (Å²) in [6.07, 6.45) is -0.264. The average molecular weight is 508 g/mol. The molecule has 0 N–H and O–H groups in total. The van der Waals surface area contributed by atoms with Crippen LogP contribution in [0.4, 0.5) is 17.1 Å². The lowest BCUT2D eigenvalue weighted by atomic mass is 9.90. The number of carbonyl (C=O) groups is 2. The molecule has 2 aliphatic heterocycles. The molecule has 0 aliphatic carbocycles. The number of anilines is 2. The van der Waals surface area contributed by atoms with Gasteiger partial charge in [0.05, 0.1) is 28.9 Å². The number of hydrogen-bond donors (Lipinski definition) is 0. The van der Waals surface area contributed by atoms with E-state index in [1.165, 1.54) is 23.3 Å². The lowest BCUT2D eigenvalue weighted by molar-refractivity contribution is -0.384. The molecule has 2 aliphatic rings. The van der Waals surface area contributed by atoms with Gasteiger partial charge in [0.1, 0.15) is 11.7 Å². The molecule has 0 radical (unpaired) electrons. The molecule has 2 fully saturated rings. The number of nitrogens with zero attached hydrogens (tertiary/aromatic N) is 3. The molecular formula is C26H22ClN3O6. The van der Waals surface area contributed by atoms with E-state index in [1.54, 1.807) is 48.5 Å². The van der Waals surface area contributed by atoms with E-state index in [1.807, 2.05) is 13.0 Å². The molecule has 0 saturated carbocycles. The number of non-ortho nitro benzene ring substituents is 1. The summed E-state index contributed by atoms with van der Waals surface area (Å²) in [5, 5.41) is 13.2. The number of hydrogen-bond acceptors (Lipinski definition) is 7. The van der Waals surface area contributed by atoms with Crippen LogP contribution in [0.2, 0.25) is 5.02 Å². The number of imide groups is 1. The van der Waals surface area contributed by atoms with Gasteiger partial charge >= 0.3 is 0 Å². The number of benzene rings is 3. The van der Waals surface area contributed by atoms with E-state index < -0.39 is 34.8 Å². The number of amides is 2. The maximum Gasteiger partial charge on any atom is 0.269 e. The van der Waals surface area contributed by atoms with Crippen molar-refractivity contribution in [2.24, 2.45) is 5.92 Å². The molecule has 3 atom stereocenters. The van der Waals surface area contributed by atoms with Gasteiger partial charge in [-0.3, -0.25) is 24.5 Å². The minimum atomic E-state index is -1.12. The SMILES string of the molecule is CCCOc1ccc(N2C(=O)[C@H]3[C@@H](ON(c4ccccc4)[C@H]3c3cc([N+](=O)[O-])ccc3Cl)C2=O)cc1. The van der Waals surface area contributed by atoms with Gasteiger partial charge in [-0.05, 0) is 48.9 Å². The van der Waals surface area contributed by atoms with Crippen LogP contribution in [-0.4, -0.2) is 29.4 Å². The van der Waals surface area contributed by atoms with E-state index in [0.717, 1.165) is 11.3 Å². The largest absolute Gasteiger partial charge is 0.494 e. The number of halogens is 1. The quantitative estimate of drug-likeness (QED) is 0.249. The number of fused-ring (bicyclic) bond motifs is 1. The molecular weight excluding hydrogens is 486 g/mol. The van der Waals surface area contributed by atoms with Crippen molar-refractivity contribution >= 4 is 40.5 Å². The van der Waals surface area contributed by atoms with Crippen molar-refractivity contribution in [3.05, 3.63) is 93.5 Å². The van der Waals surface area contributed by atoms with Crippen LogP contribution < -0.4 is 14.7 Å². The Labute approximate surface area is 211 Å². The van der Waals surface area contributed by atoms with E-state index in [2.05, 4.69) is 0 Å². The highest BCUT2D eigenvalue weighted by molar-refractivity contribution is 6.31. The predicted octanol–water partition coefficient (Wildman–Crippen LogP) is 5.09. The Hall–Kier alpha value is -3.95. The summed E-state index contributed by atoms with van der Waals surface area (Å²) >= 11 is 6.49. The van der Waals surface area contributed by atoms with E-state index in [9.17, 15) is 19.7 Å². The molecule has 2 saturated heterocycles. The molecule has 10 heteroatoms. The maximum absolute atomic E-state index is 13.7. The van der Waals surface area contributed by atoms with Crippen LogP contribution >= 0.6 is 11.6 Å². The predicted molar refractivity (Wildman–Crippen MR) is 133 cm³/mol. The lowest BCUT2D eigenvalue weighted by Crippen LogP contribution is -2.37. The highest BCUT2D eigenvalue weighted by Gasteiger charge is 2.60. The molecule has 3 aromatic rings. The number of nitro benzene ring substituents is 1. The third kappa shape index (κ3) is 4.06. The van der Waals surface area contributed by atoms with Crippen molar-refractivity contribution in [3.8, 4) is 5.75 Å². The second-order valence-electron chi connectivity index (χ2n) is 8.48. The molecule has 2 heterocycles. The third-order valence-electron chi connectivity index (χ3n) is 6.20. The summed E-state index contributed by atoms with van der Waals surface area (Å²) in [6, 6.07) is 18.8. The van der Waals surface area contributed by atoms with Gasteiger partial charge in [0.25, 0.3) is 11.6 Å². The molecule has 9 nitrogen and oxygen atoms in total. The summed E-state index contributed by atoms with van der Waals surface area (Å²) in [5.74, 6) is -1.32. The van der Waals surface area contributed by atoms with Crippen molar-refractivity contribution in [1.29, 1.82) is 0 Å². The topological polar surface area (TPSA) is 102 Å². The second kappa shape index (κ2) is 9.60. The molecule has 36 heavy (non-hydrogen) atoms. The average Bonchev–Trinajstić information content (AvgIpc) is 3.39. The molecule has 0 unspecified atom stereocenters. The number of hydroxylamine groups is 1. The summed E-state index contributed by atoms with van der Waals surface area (Å²) in [5.41, 5.74) is 1.13. The van der Waals surface area contributed by atoms with Gasteiger partial charge in [0.15, 0.2) is 6.10 Å². The first kappa shape index (κ1) is 23.8. The van der Waals surface area contributed by atoms with Crippen LogP contribution in [0.3, 0.4) is 0 Å². The Kier molecular flexibility index (Phi) is 6.34. The molecule has 5 rings (SSSR count). The van der Waals surface area contributed by atoms with E-state index in [-0.39, 0.29) is 10.7 Å². The van der Waals surface area contributed by atoms with Gasteiger partial charge in [0, 0.05) is 22.7 Å². The van der Waals surface area contributed by atoms with Crippen LogP contribution in [0.5, 0.6) is 5.75 Å². The fourth-order valence-electron chi connectivity index (χ4n) is 4.57. The maximum atomic E-state index is 13.7. The Morgan fingerprint density at radius 3 is 2.39 bits per heavy atom. The van der Waals surface area contributed by atoms with Crippen LogP contribution in [0, 0.1) is 16.0 Å². The van der Waals surface area contributed by atoms with Gasteiger partial charge < -0.3 is 4.74 Å². The van der Waals surface area contributed by atoms with E-state index in [4.69, 9.17) is 21.2 Å². The molecule has 3 aromatic carbocycles. The number of ether oxygens (including phenoxy) is 1. The molecule has 2 amide bonds. The smallest absolute Gasteiger partial charge is 0.269 e. The summed E-state index contributed by atoms with van der Waals surface area (Å²) < 4.78 is 5.59. The Bertz CT molecular complexity index is 1320. The molecule has 0 aromatic heterocycles. The zero-order valence-corrected chi connectivity index (χ0v) is 20.0. The molecule has 0 spiro atoms. The van der Waals surface area contributed by atoms with Gasteiger partial charge in [0.2, 0.25) is 5.91 Å². The number of carbonyl (C=O) groups excluding carboxylic acids is 2. The minimum absolute atomic E-state index is 0.179. The Morgan fingerprint density at radius 2 is 1.72 bits per heavy atom. The first-order valence-electron chi connectivity index (χ1n) is 11.5. The molecule has 184 valence electrons. The third-order valence-corrected chi connectivity index (χ3v) is 6.55. The molecule has 0 bridgehead atoms. The van der Waals surface area contributed by atoms with Gasteiger partial charge in [-0.15, -0.1) is 0 Å². The standard InChI is InChI=1S/C26H22ClN3O6/c1-2-14-35-19-11-8-16(9-12-19)28-25(31)22-23(20-15-18(30(33)34)10-13-21(20)27)29(36-24(22)26(28)32)17-6-4-3-5-7-17/h3-13,15,22-24H,2,14H2,1H3/t22-,23+,24-/m1/s1. The summed E-state index contributed by atoms with van der Waals surface area (Å²) in [7, 11) is 0. The van der Waals surface area contributed by atoms with E-state index in [0.29, 0.717) is 29.3 Å². The van der Waals surface area contributed by atoms with Crippen LogP contribution in [0.25, 0.3) is 0 Å². The van der Waals surface area contributed by atoms with E-state index >= 15 is 0 Å². The Balaban J connectivity index is 1.55. The van der Waals surface area contributed by atoms with Crippen LogP contribution in [0.15, 0.2) is 72.8 Å². The minimum Gasteiger partial charge on any atom is -0.494 e. The number of rotatable bonds is 7. The fourth-order valence-corrected chi connectivity index (χ4v) is 4.80. The van der Waals surface area contributed by atoms with Crippen LogP contribution in [-0.2, 0) is 14.4 Å². The van der Waals surface area contributed by atoms with Crippen molar-refractivity contribution in [2.75, 3.05) is 16.6 Å². The van der Waals surface area contributed by atoms with Crippen LogP contribution in [0.1, 0.15) is 24.9 Å². The first-order chi connectivity index (χ1) is 17.4. The fraction of sp³-hybridized carbons (Fsp3) is 0.231. The highest BCUT2D eigenvalue weighted by atomic mass is 35.5. The first-order valence-corrected chi connectivity index (χ1v) is 11.8. The Morgan fingerprint density at radius 1 is 1.00 bits per heavy atom. The van der Waals surface area contributed by atoms with Crippen molar-refractivity contribution in [1.82, 2.24) is 0 Å². The highest BCUT2D eigenvalue weighted by Crippen LogP contribution is 2.49. The number of para-hydroxylation sites is 1. The summed E-state index contributed by atoms with van der Waals surface area (Å²) in [4.78, 5) is 45.3. The number of nitro groups is 1. The lowest BCUT2D eigenvalue weighted by Gasteiger charge is -2.29. The zero-order chi connectivity index (χ0) is 25.4. The van der Waals surface area contributed by atoms with Gasteiger partial charge in [-0.2, -0.15) is 0 Å². The summed E-state index contributed by atoms with van der Waals surface area (Å²) in [6.45, 7) is 2.55. The van der Waals surface area contributed by atoms with Crippen molar-refractivity contribution in [3.63, 3.8) is 0 Å². The van der Waals surface area contributed by atoms with Crippen molar-refractivity contribution < 1.29 is 24.1 Å². The second-order valence-corrected chi connectivity index (χ2v) is 8.88. The van der Waals surface area contributed by atoms with Crippen molar-refractivity contribution in [2.45, 2.75) is 25.5 Å². The van der Waals surface area contributed by atoms with Gasteiger partial charge in [-0.1, -0.05) is 36.7 Å². The van der Waals surface area contributed by atoms with Gasteiger partial charge in [-0.25, -0.2) is 9.96 Å².